The molecule has 3 heterocycles. The van der Waals surface area contributed by atoms with Crippen molar-refractivity contribution in [3.63, 3.8) is 0 Å². The van der Waals surface area contributed by atoms with Gasteiger partial charge in [0.1, 0.15) is 0 Å². The Labute approximate surface area is 197 Å². The van der Waals surface area contributed by atoms with Gasteiger partial charge in [-0.1, -0.05) is 42.3 Å². The predicted octanol–water partition coefficient (Wildman–Crippen LogP) is 3.35. The molecule has 2 N–H and O–H groups in total. The van der Waals surface area contributed by atoms with Gasteiger partial charge in [-0.3, -0.25) is 9.69 Å². The summed E-state index contributed by atoms with van der Waals surface area (Å²) in [7, 11) is 0. The van der Waals surface area contributed by atoms with E-state index in [2.05, 4.69) is 44.0 Å². The fourth-order valence-corrected chi connectivity index (χ4v) is 4.32. The maximum atomic E-state index is 12.6. The lowest BCUT2D eigenvalue weighted by Crippen LogP contribution is -2.29. The average Bonchev–Trinajstić information content (AvgIpc) is 3.12. The number of rotatable bonds is 6. The van der Waals surface area contributed by atoms with E-state index >= 15 is 0 Å². The molecule has 0 bridgehead atoms. The topological polar surface area (TPSA) is 75.1 Å². The highest BCUT2D eigenvalue weighted by Crippen LogP contribution is 2.18. The second-order valence-electron chi connectivity index (χ2n) is 8.21. The Bertz CT molecular complexity index is 801. The first-order chi connectivity index (χ1) is 14.3. The standard InChI is InChI=1S/C22H32N6O.2ClH/c29-22(21-17-28(26-25-21)20-9-11-23-12-10-20)24-15-18-7-3-4-8-19(18)16-27-13-5-1-2-6-14-27;;/h3-4,7-8,17,20,23H,1-2,5-6,9-16H2,(H,24,29);2*1H. The third-order valence-electron chi connectivity index (χ3n) is 6.08. The van der Waals surface area contributed by atoms with Gasteiger partial charge in [0.25, 0.3) is 5.91 Å². The molecule has 1 amide bonds. The minimum Gasteiger partial charge on any atom is -0.347 e. The molecule has 0 saturated carbocycles. The molecule has 0 radical (unpaired) electrons. The zero-order valence-corrected chi connectivity index (χ0v) is 19.6. The Morgan fingerprint density at radius 2 is 1.71 bits per heavy atom. The van der Waals surface area contributed by atoms with Crippen molar-refractivity contribution in [2.45, 2.75) is 57.7 Å². The molecule has 9 heteroatoms. The van der Waals surface area contributed by atoms with Crippen molar-refractivity contribution >= 4 is 30.7 Å². The number of carbonyl (C=O) groups excluding carboxylic acids is 1. The van der Waals surface area contributed by atoms with Crippen LogP contribution in [0, 0.1) is 0 Å². The molecule has 4 rings (SSSR count). The number of benzene rings is 1. The smallest absolute Gasteiger partial charge is 0.273 e. The van der Waals surface area contributed by atoms with Gasteiger partial charge in [-0.2, -0.15) is 0 Å². The number of piperidine rings is 1. The van der Waals surface area contributed by atoms with Crippen molar-refractivity contribution in [3.05, 3.63) is 47.3 Å². The van der Waals surface area contributed by atoms with E-state index in [1.54, 1.807) is 6.20 Å². The van der Waals surface area contributed by atoms with Crippen LogP contribution >= 0.6 is 24.8 Å². The summed E-state index contributed by atoms with van der Waals surface area (Å²) in [5.74, 6) is -0.158. The molecular weight excluding hydrogens is 435 g/mol. The normalized spacial score (nSPS) is 17.8. The lowest BCUT2D eigenvalue weighted by atomic mass is 10.1. The number of hydrogen-bond acceptors (Lipinski definition) is 5. The second-order valence-corrected chi connectivity index (χ2v) is 8.21. The predicted molar refractivity (Wildman–Crippen MR) is 127 cm³/mol. The number of aromatic nitrogens is 3. The van der Waals surface area contributed by atoms with Crippen LogP contribution in [0.5, 0.6) is 0 Å². The van der Waals surface area contributed by atoms with Crippen molar-refractivity contribution in [1.82, 2.24) is 30.5 Å². The number of hydrogen-bond donors (Lipinski definition) is 2. The van der Waals surface area contributed by atoms with E-state index in [1.807, 2.05) is 10.7 Å². The minimum atomic E-state index is -0.158. The van der Waals surface area contributed by atoms with E-state index in [-0.39, 0.29) is 30.7 Å². The molecule has 172 valence electrons. The van der Waals surface area contributed by atoms with Gasteiger partial charge in [-0.15, -0.1) is 29.9 Å². The molecule has 2 fully saturated rings. The Hall–Kier alpha value is -1.67. The van der Waals surface area contributed by atoms with Crippen LogP contribution in [0.2, 0.25) is 0 Å². The molecular formula is C22H34Cl2N6O. The molecule has 7 nitrogen and oxygen atoms in total. The van der Waals surface area contributed by atoms with E-state index in [4.69, 9.17) is 0 Å². The molecule has 2 aliphatic rings. The van der Waals surface area contributed by atoms with Gasteiger partial charge in [0.05, 0.1) is 12.2 Å². The summed E-state index contributed by atoms with van der Waals surface area (Å²) in [6.07, 6.45) is 9.08. The molecule has 2 aromatic rings. The van der Waals surface area contributed by atoms with Crippen LogP contribution in [0.1, 0.15) is 66.2 Å². The lowest BCUT2D eigenvalue weighted by molar-refractivity contribution is 0.0945. The van der Waals surface area contributed by atoms with Crippen molar-refractivity contribution in [3.8, 4) is 0 Å². The first kappa shape index (κ1) is 25.6. The fourth-order valence-electron chi connectivity index (χ4n) is 4.32. The number of carbonyl (C=O) groups is 1. The molecule has 2 aliphatic heterocycles. The summed E-state index contributed by atoms with van der Waals surface area (Å²) in [6.45, 7) is 5.78. The Morgan fingerprint density at radius 1 is 1.03 bits per heavy atom. The van der Waals surface area contributed by atoms with Crippen molar-refractivity contribution < 1.29 is 4.79 Å². The van der Waals surface area contributed by atoms with Gasteiger partial charge >= 0.3 is 0 Å². The fraction of sp³-hybridized carbons (Fsp3) is 0.591. The highest BCUT2D eigenvalue weighted by Gasteiger charge is 2.19. The van der Waals surface area contributed by atoms with Crippen molar-refractivity contribution in [2.75, 3.05) is 26.2 Å². The Balaban J connectivity index is 0.00000171. The van der Waals surface area contributed by atoms with Crippen LogP contribution in [0.3, 0.4) is 0 Å². The van der Waals surface area contributed by atoms with E-state index < -0.39 is 0 Å². The van der Waals surface area contributed by atoms with Crippen LogP contribution in [-0.4, -0.2) is 52.0 Å². The minimum absolute atomic E-state index is 0. The summed E-state index contributed by atoms with van der Waals surface area (Å²) in [6, 6.07) is 8.75. The molecule has 0 spiro atoms. The monoisotopic (exact) mass is 468 g/mol. The van der Waals surface area contributed by atoms with Gasteiger partial charge in [0.15, 0.2) is 5.69 Å². The number of likely N-dealkylation sites (tertiary alicyclic amines) is 1. The van der Waals surface area contributed by atoms with Crippen LogP contribution in [0.15, 0.2) is 30.5 Å². The highest BCUT2D eigenvalue weighted by molar-refractivity contribution is 5.91. The Kier molecular flexibility index (Phi) is 10.7. The largest absolute Gasteiger partial charge is 0.347 e. The Morgan fingerprint density at radius 3 is 2.42 bits per heavy atom. The van der Waals surface area contributed by atoms with Crippen molar-refractivity contribution in [1.29, 1.82) is 0 Å². The zero-order valence-electron chi connectivity index (χ0n) is 18.0. The third-order valence-corrected chi connectivity index (χ3v) is 6.08. The summed E-state index contributed by atoms with van der Waals surface area (Å²) < 4.78 is 1.85. The maximum absolute atomic E-state index is 12.6. The first-order valence-electron chi connectivity index (χ1n) is 11.0. The van der Waals surface area contributed by atoms with Crippen LogP contribution < -0.4 is 10.6 Å². The third kappa shape index (κ3) is 7.17. The molecule has 0 atom stereocenters. The SMILES string of the molecule is Cl.Cl.O=C(NCc1ccccc1CN1CCCCCC1)c1cn(C2CCNCC2)nn1. The second kappa shape index (κ2) is 13.0. The molecule has 0 unspecified atom stereocenters. The van der Waals surface area contributed by atoms with E-state index in [0.29, 0.717) is 18.3 Å². The van der Waals surface area contributed by atoms with Crippen molar-refractivity contribution in [2.24, 2.45) is 0 Å². The highest BCUT2D eigenvalue weighted by atomic mass is 35.5. The summed E-state index contributed by atoms with van der Waals surface area (Å²) in [5, 5.41) is 14.7. The molecule has 0 aliphatic carbocycles. The van der Waals surface area contributed by atoms with E-state index in [9.17, 15) is 4.79 Å². The molecule has 2 saturated heterocycles. The number of nitrogens with zero attached hydrogens (tertiary/aromatic N) is 4. The maximum Gasteiger partial charge on any atom is 0.273 e. The van der Waals surface area contributed by atoms with Crippen LogP contribution in [0.25, 0.3) is 0 Å². The van der Waals surface area contributed by atoms with Gasteiger partial charge < -0.3 is 10.6 Å². The summed E-state index contributed by atoms with van der Waals surface area (Å²) in [4.78, 5) is 15.2. The lowest BCUT2D eigenvalue weighted by Gasteiger charge is -2.22. The summed E-state index contributed by atoms with van der Waals surface area (Å²) >= 11 is 0. The van der Waals surface area contributed by atoms with Gasteiger partial charge in [-0.25, -0.2) is 4.68 Å². The van der Waals surface area contributed by atoms with Gasteiger partial charge in [-0.05, 0) is 63.0 Å². The molecule has 31 heavy (non-hydrogen) atoms. The van der Waals surface area contributed by atoms with Gasteiger partial charge in [0, 0.05) is 13.1 Å². The number of amides is 1. The van der Waals surface area contributed by atoms with E-state index in [0.717, 1.165) is 32.5 Å². The summed E-state index contributed by atoms with van der Waals surface area (Å²) in [5.41, 5.74) is 2.87. The van der Waals surface area contributed by atoms with Crippen LogP contribution in [-0.2, 0) is 13.1 Å². The molecule has 1 aromatic heterocycles. The first-order valence-corrected chi connectivity index (χ1v) is 11.0. The average molecular weight is 469 g/mol. The zero-order chi connectivity index (χ0) is 19.9. The number of nitrogens with one attached hydrogen (secondary N) is 2. The molecule has 1 aromatic carbocycles. The van der Waals surface area contributed by atoms with Crippen LogP contribution in [0.4, 0.5) is 0 Å². The number of halogens is 2. The van der Waals surface area contributed by atoms with E-state index in [1.165, 1.54) is 49.9 Å². The quantitative estimate of drug-likeness (QED) is 0.679. The van der Waals surface area contributed by atoms with Gasteiger partial charge in [0.2, 0.25) is 0 Å².